The van der Waals surface area contributed by atoms with Crippen LogP contribution in [0.15, 0.2) is 29.2 Å². The summed E-state index contributed by atoms with van der Waals surface area (Å²) in [4.78, 5) is 12.1. The van der Waals surface area contributed by atoms with Crippen LogP contribution in [0.5, 0.6) is 0 Å². The Morgan fingerprint density at radius 2 is 2.00 bits per heavy atom. The zero-order valence-electron chi connectivity index (χ0n) is 14.9. The minimum atomic E-state index is -3.75. The summed E-state index contributed by atoms with van der Waals surface area (Å²) in [7, 11) is -3.75. The Morgan fingerprint density at radius 3 is 2.65 bits per heavy atom. The quantitative estimate of drug-likeness (QED) is 0.875. The van der Waals surface area contributed by atoms with Crippen molar-refractivity contribution >= 4 is 15.9 Å². The van der Waals surface area contributed by atoms with Gasteiger partial charge in [0.25, 0.3) is 5.91 Å². The van der Waals surface area contributed by atoms with Gasteiger partial charge < -0.3 is 5.32 Å². The van der Waals surface area contributed by atoms with Gasteiger partial charge in [-0.1, -0.05) is 0 Å². The number of rotatable bonds is 4. The highest BCUT2D eigenvalue weighted by Crippen LogP contribution is 2.23. The predicted octanol–water partition coefficient (Wildman–Crippen LogP) is 1.67. The van der Waals surface area contributed by atoms with Crippen LogP contribution in [0, 0.1) is 12.7 Å². The topological polar surface area (TPSA) is 84.3 Å². The summed E-state index contributed by atoms with van der Waals surface area (Å²) in [6, 6.07) is 5.35. The van der Waals surface area contributed by atoms with Crippen LogP contribution >= 0.6 is 0 Å². The van der Waals surface area contributed by atoms with Gasteiger partial charge in [-0.25, -0.2) is 12.8 Å². The number of carbonyl (C=O) groups is 1. The Balaban J connectivity index is 1.84. The highest BCUT2D eigenvalue weighted by atomic mass is 32.2. The monoisotopic (exact) mass is 380 g/mol. The summed E-state index contributed by atoms with van der Waals surface area (Å²) >= 11 is 0. The first-order valence-corrected chi connectivity index (χ1v) is 9.76. The summed E-state index contributed by atoms with van der Waals surface area (Å²) in [5, 5.41) is 7.02. The number of fused-ring (bicyclic) bond motifs is 1. The average Bonchev–Trinajstić information content (AvgIpc) is 3.00. The number of hydrogen-bond donors (Lipinski definition) is 1. The van der Waals surface area contributed by atoms with Crippen molar-refractivity contribution in [1.29, 1.82) is 0 Å². The Morgan fingerprint density at radius 1 is 1.27 bits per heavy atom. The van der Waals surface area contributed by atoms with Gasteiger partial charge in [-0.05, 0) is 50.6 Å². The van der Waals surface area contributed by atoms with Gasteiger partial charge in [0.1, 0.15) is 5.82 Å². The van der Waals surface area contributed by atoms with E-state index in [4.69, 9.17) is 0 Å². The zero-order chi connectivity index (χ0) is 19.1. The molecule has 7 nitrogen and oxygen atoms in total. The van der Waals surface area contributed by atoms with Gasteiger partial charge in [0.2, 0.25) is 10.0 Å². The van der Waals surface area contributed by atoms with Gasteiger partial charge in [0.15, 0.2) is 5.69 Å². The minimum absolute atomic E-state index is 0.0141. The fourth-order valence-electron chi connectivity index (χ4n) is 2.82. The first-order chi connectivity index (χ1) is 12.2. The second-order valence-electron chi connectivity index (χ2n) is 6.62. The Bertz CT molecular complexity index is 953. The number of halogens is 1. The van der Waals surface area contributed by atoms with Crippen molar-refractivity contribution in [2.45, 2.75) is 44.8 Å². The van der Waals surface area contributed by atoms with Crippen LogP contribution in [-0.4, -0.2) is 41.0 Å². The molecular weight excluding hydrogens is 359 g/mol. The number of hydrogen-bond acceptors (Lipinski definition) is 4. The Hall–Kier alpha value is -2.26. The number of aromatic nitrogens is 2. The number of nitrogens with one attached hydrogen (secondary N) is 1. The molecule has 0 radical (unpaired) electrons. The molecule has 0 aliphatic carbocycles. The molecule has 9 heteroatoms. The second kappa shape index (κ2) is 6.81. The molecule has 1 amide bonds. The van der Waals surface area contributed by atoms with E-state index >= 15 is 0 Å². The van der Waals surface area contributed by atoms with Crippen LogP contribution in [0.1, 0.15) is 35.6 Å². The van der Waals surface area contributed by atoms with E-state index in [9.17, 15) is 17.6 Å². The molecular formula is C17H21FN4O3S. The number of benzene rings is 1. The van der Waals surface area contributed by atoms with Crippen molar-refractivity contribution < 1.29 is 17.6 Å². The molecule has 1 aliphatic heterocycles. The maximum atomic E-state index is 13.4. The van der Waals surface area contributed by atoms with Crippen molar-refractivity contribution in [2.75, 3.05) is 6.54 Å². The molecule has 3 rings (SSSR count). The molecule has 1 N–H and O–H groups in total. The third-order valence-corrected chi connectivity index (χ3v) is 6.02. The standard InChI is InChI=1S/C17H21FN4O3S/c1-11(2)19-17(23)16-9-13-10-21(6-7-22(13)20-16)26(24,25)14-4-5-15(18)12(3)8-14/h4-5,8-9,11H,6-7,10H2,1-3H3,(H,19,23). The lowest BCUT2D eigenvalue weighted by Gasteiger charge is -2.27. The molecule has 0 saturated carbocycles. The summed E-state index contributed by atoms with van der Waals surface area (Å²) in [5.74, 6) is -0.730. The molecule has 0 bridgehead atoms. The van der Waals surface area contributed by atoms with Gasteiger partial charge in [-0.3, -0.25) is 9.48 Å². The summed E-state index contributed by atoms with van der Waals surface area (Å²) in [6.07, 6.45) is 0. The number of sulfonamides is 1. The van der Waals surface area contributed by atoms with Crippen LogP contribution in [0.25, 0.3) is 0 Å². The van der Waals surface area contributed by atoms with E-state index in [0.717, 1.165) is 6.07 Å². The van der Waals surface area contributed by atoms with Crippen LogP contribution < -0.4 is 5.32 Å². The highest BCUT2D eigenvalue weighted by molar-refractivity contribution is 7.89. The third-order valence-electron chi connectivity index (χ3n) is 4.18. The lowest BCUT2D eigenvalue weighted by atomic mass is 10.2. The Labute approximate surface area is 151 Å². The van der Waals surface area contributed by atoms with Gasteiger partial charge in [-0.15, -0.1) is 0 Å². The van der Waals surface area contributed by atoms with E-state index < -0.39 is 15.8 Å². The molecule has 2 aromatic rings. The number of amides is 1. The number of aryl methyl sites for hydroxylation is 1. The number of carbonyl (C=O) groups excluding carboxylic acids is 1. The van der Waals surface area contributed by atoms with Crippen LogP contribution in [-0.2, 0) is 23.1 Å². The van der Waals surface area contributed by atoms with E-state index in [1.807, 2.05) is 13.8 Å². The fraction of sp³-hybridized carbons (Fsp3) is 0.412. The van der Waals surface area contributed by atoms with E-state index in [0.29, 0.717) is 12.2 Å². The van der Waals surface area contributed by atoms with E-state index in [2.05, 4.69) is 10.4 Å². The van der Waals surface area contributed by atoms with Crippen LogP contribution in [0.3, 0.4) is 0 Å². The lowest BCUT2D eigenvalue weighted by molar-refractivity contribution is 0.0937. The third kappa shape index (κ3) is 3.49. The van der Waals surface area contributed by atoms with Crippen LogP contribution in [0.2, 0.25) is 0 Å². The van der Waals surface area contributed by atoms with Gasteiger partial charge in [0.05, 0.1) is 23.7 Å². The number of nitrogens with zero attached hydrogens (tertiary/aromatic N) is 3. The maximum absolute atomic E-state index is 13.4. The van der Waals surface area contributed by atoms with Crippen molar-refractivity contribution in [3.05, 3.63) is 47.0 Å². The van der Waals surface area contributed by atoms with Crippen molar-refractivity contribution in [1.82, 2.24) is 19.4 Å². The molecule has 26 heavy (non-hydrogen) atoms. The lowest BCUT2D eigenvalue weighted by Crippen LogP contribution is -2.38. The Kier molecular flexibility index (Phi) is 4.85. The second-order valence-corrected chi connectivity index (χ2v) is 8.56. The van der Waals surface area contributed by atoms with Crippen molar-refractivity contribution in [3.8, 4) is 0 Å². The van der Waals surface area contributed by atoms with Gasteiger partial charge >= 0.3 is 0 Å². The first-order valence-electron chi connectivity index (χ1n) is 8.32. The smallest absolute Gasteiger partial charge is 0.271 e. The van der Waals surface area contributed by atoms with E-state index in [-0.39, 0.29) is 41.2 Å². The molecule has 0 saturated heterocycles. The van der Waals surface area contributed by atoms with Crippen molar-refractivity contribution in [2.24, 2.45) is 0 Å². The van der Waals surface area contributed by atoms with Crippen LogP contribution in [0.4, 0.5) is 4.39 Å². The molecule has 1 aliphatic rings. The van der Waals surface area contributed by atoms with Crippen molar-refractivity contribution in [3.63, 3.8) is 0 Å². The van der Waals surface area contributed by atoms with E-state index in [1.165, 1.54) is 23.4 Å². The highest BCUT2D eigenvalue weighted by Gasteiger charge is 2.30. The average molecular weight is 380 g/mol. The van der Waals surface area contributed by atoms with E-state index in [1.54, 1.807) is 10.7 Å². The molecule has 0 unspecified atom stereocenters. The SMILES string of the molecule is Cc1cc(S(=O)(=O)N2CCn3nc(C(=O)NC(C)C)cc3C2)ccc1F. The zero-order valence-corrected chi connectivity index (χ0v) is 15.7. The van der Waals surface area contributed by atoms with Gasteiger partial charge in [-0.2, -0.15) is 9.40 Å². The molecule has 140 valence electrons. The molecule has 0 atom stereocenters. The minimum Gasteiger partial charge on any atom is -0.348 e. The summed E-state index contributed by atoms with van der Waals surface area (Å²) < 4.78 is 42.1. The fourth-order valence-corrected chi connectivity index (χ4v) is 4.31. The summed E-state index contributed by atoms with van der Waals surface area (Å²) in [5.41, 5.74) is 1.19. The molecule has 1 aromatic heterocycles. The molecule has 2 heterocycles. The normalized spacial score (nSPS) is 15.1. The predicted molar refractivity (Wildman–Crippen MR) is 93.6 cm³/mol. The van der Waals surface area contributed by atoms with Gasteiger partial charge in [0, 0.05) is 12.6 Å². The maximum Gasteiger partial charge on any atom is 0.271 e. The largest absolute Gasteiger partial charge is 0.348 e. The first kappa shape index (κ1) is 18.5. The molecule has 1 aromatic carbocycles. The summed E-state index contributed by atoms with van der Waals surface area (Å²) in [6.45, 7) is 5.93. The molecule has 0 spiro atoms. The molecule has 0 fully saturated rings.